The Kier molecular flexibility index (Phi) is 12.5. The fourth-order valence-electron chi connectivity index (χ4n) is 6.51. The van der Waals surface area contributed by atoms with Crippen molar-refractivity contribution >= 4 is 50.6 Å². The van der Waals surface area contributed by atoms with Gasteiger partial charge in [0.1, 0.15) is 0 Å². The molecule has 4 aromatic heterocycles. The summed E-state index contributed by atoms with van der Waals surface area (Å²) in [7, 11) is -1.48. The highest BCUT2D eigenvalue weighted by atomic mass is 79.9. The van der Waals surface area contributed by atoms with Crippen molar-refractivity contribution in [3.05, 3.63) is 211 Å². The van der Waals surface area contributed by atoms with Gasteiger partial charge < -0.3 is 10.0 Å². The lowest BCUT2D eigenvalue weighted by Crippen LogP contribution is -2.29. The zero-order chi connectivity index (χ0) is 41.1. The van der Waals surface area contributed by atoms with Crippen LogP contribution < -0.4 is 5.46 Å². The van der Waals surface area contributed by atoms with Crippen molar-refractivity contribution in [1.82, 2.24) is 29.9 Å². The highest BCUT2D eigenvalue weighted by Crippen LogP contribution is 2.33. The second-order valence-electron chi connectivity index (χ2n) is 13.5. The van der Waals surface area contributed by atoms with Gasteiger partial charge in [-0.05, 0) is 75.0 Å². The monoisotopic (exact) mass is 842 g/mol. The van der Waals surface area contributed by atoms with E-state index in [9.17, 15) is 10.0 Å². The SMILES string of the molecule is Brc1cccnc1.OB(O)c1ccc(-c2nc3ccccc3nc2-c2ccccc2)cc1.c1ccc(-c2nc3ccccc3nc2-c2ccc(-c3cccnc3)cc2)cc1. The van der Waals surface area contributed by atoms with Crippen LogP contribution in [0.25, 0.3) is 78.2 Å². The Morgan fingerprint density at radius 2 is 0.683 bits per heavy atom. The van der Waals surface area contributed by atoms with Gasteiger partial charge in [0.05, 0.1) is 44.8 Å². The summed E-state index contributed by atoms with van der Waals surface area (Å²) in [6.07, 6.45) is 7.15. The number of rotatable bonds is 6. The van der Waals surface area contributed by atoms with Gasteiger partial charge in [0.25, 0.3) is 0 Å². The Morgan fingerprint density at radius 3 is 1.03 bits per heavy atom. The van der Waals surface area contributed by atoms with Crippen LogP contribution in [0.4, 0.5) is 0 Å². The third-order valence-corrected chi connectivity index (χ3v) is 9.97. The van der Waals surface area contributed by atoms with Crippen LogP contribution >= 0.6 is 15.9 Å². The van der Waals surface area contributed by atoms with Gasteiger partial charge in [-0.2, -0.15) is 0 Å². The molecule has 0 atom stereocenters. The van der Waals surface area contributed by atoms with Crippen molar-refractivity contribution in [2.24, 2.45) is 0 Å². The molecule has 0 bridgehead atoms. The van der Waals surface area contributed by atoms with E-state index in [0.29, 0.717) is 5.46 Å². The Morgan fingerprint density at radius 1 is 0.333 bits per heavy atom. The molecular weight excluding hydrogens is 807 g/mol. The first kappa shape index (κ1) is 39.6. The lowest BCUT2D eigenvalue weighted by atomic mass is 9.80. The number of fused-ring (bicyclic) bond motifs is 2. The molecule has 8 nitrogen and oxygen atoms in total. The van der Waals surface area contributed by atoms with Crippen LogP contribution in [0.1, 0.15) is 0 Å². The van der Waals surface area contributed by atoms with E-state index in [1.54, 1.807) is 30.7 Å². The maximum Gasteiger partial charge on any atom is 0.488 e. The van der Waals surface area contributed by atoms with Crippen LogP contribution in [0.5, 0.6) is 0 Å². The van der Waals surface area contributed by atoms with Crippen molar-refractivity contribution in [1.29, 1.82) is 0 Å². The molecular formula is C50H36BBrN6O2. The van der Waals surface area contributed by atoms with E-state index in [2.05, 4.69) is 68.4 Å². The standard InChI is InChI=1S/C25H17N3.C20H15BN2O2.C5H4BrN/c1-2-7-19(8-3-1)24-25(28-23-11-5-4-10-22(23)27-24)20-14-12-18(13-15-20)21-9-6-16-26-17-21;24-21(25)16-12-10-15(11-13-16)20-19(14-6-2-1-3-7-14)22-17-8-4-5-9-18(17)23-20;6-5-2-1-3-7-4-5/h1-17H;1-13,24-25H;1-4H. The van der Waals surface area contributed by atoms with Crippen LogP contribution in [0.15, 0.2) is 211 Å². The minimum Gasteiger partial charge on any atom is -0.423 e. The van der Waals surface area contributed by atoms with Crippen molar-refractivity contribution in [3.8, 4) is 56.2 Å². The number of hydrogen-bond acceptors (Lipinski definition) is 8. The van der Waals surface area contributed by atoms with Gasteiger partial charge in [-0.25, -0.2) is 19.9 Å². The van der Waals surface area contributed by atoms with Gasteiger partial charge in [0.15, 0.2) is 0 Å². The van der Waals surface area contributed by atoms with E-state index in [4.69, 9.17) is 19.9 Å². The topological polar surface area (TPSA) is 118 Å². The lowest BCUT2D eigenvalue weighted by molar-refractivity contribution is 0.426. The Bertz CT molecular complexity index is 2950. The maximum absolute atomic E-state index is 9.29. The number of halogens is 1. The summed E-state index contributed by atoms with van der Waals surface area (Å²) in [6.45, 7) is 0. The predicted octanol–water partition coefficient (Wildman–Crippen LogP) is 10.5. The fourth-order valence-corrected chi connectivity index (χ4v) is 6.78. The minimum atomic E-state index is -1.48. The Balaban J connectivity index is 0.000000144. The van der Waals surface area contributed by atoms with E-state index in [-0.39, 0.29) is 0 Å². The smallest absolute Gasteiger partial charge is 0.423 e. The summed E-state index contributed by atoms with van der Waals surface area (Å²) in [6, 6.07) is 59.2. The molecule has 10 rings (SSSR count). The number of para-hydroxylation sites is 4. The van der Waals surface area contributed by atoms with Crippen molar-refractivity contribution in [2.45, 2.75) is 0 Å². The molecule has 2 N–H and O–H groups in total. The third kappa shape index (κ3) is 9.55. The van der Waals surface area contributed by atoms with Crippen molar-refractivity contribution < 1.29 is 10.0 Å². The number of hydrogen-bond donors (Lipinski definition) is 2. The third-order valence-electron chi connectivity index (χ3n) is 9.50. The Hall–Kier alpha value is -7.24. The molecule has 4 heterocycles. The second kappa shape index (κ2) is 19.0. The summed E-state index contributed by atoms with van der Waals surface area (Å²) in [4.78, 5) is 27.6. The van der Waals surface area contributed by atoms with Crippen molar-refractivity contribution in [3.63, 3.8) is 0 Å². The van der Waals surface area contributed by atoms with Gasteiger partial charge in [-0.1, -0.05) is 140 Å². The van der Waals surface area contributed by atoms with Gasteiger partial charge in [0, 0.05) is 51.5 Å². The molecule has 0 unspecified atom stereocenters. The van der Waals surface area contributed by atoms with Crippen LogP contribution in [0.3, 0.4) is 0 Å². The average molecular weight is 844 g/mol. The first-order valence-electron chi connectivity index (χ1n) is 19.2. The normalized spacial score (nSPS) is 10.6. The molecule has 0 aliphatic carbocycles. The summed E-state index contributed by atoms with van der Waals surface area (Å²) >= 11 is 3.25. The summed E-state index contributed by atoms with van der Waals surface area (Å²) in [5, 5.41) is 18.6. The Labute approximate surface area is 356 Å². The van der Waals surface area contributed by atoms with E-state index >= 15 is 0 Å². The zero-order valence-electron chi connectivity index (χ0n) is 32.2. The van der Waals surface area contributed by atoms with Gasteiger partial charge in [0.2, 0.25) is 0 Å². The van der Waals surface area contributed by atoms with Crippen LogP contribution in [-0.2, 0) is 0 Å². The number of aromatic nitrogens is 6. The molecule has 0 amide bonds. The molecule has 0 radical (unpaired) electrons. The van der Waals surface area contributed by atoms with Crippen molar-refractivity contribution in [2.75, 3.05) is 0 Å². The molecule has 288 valence electrons. The molecule has 0 aliphatic rings. The first-order chi connectivity index (χ1) is 29.5. The minimum absolute atomic E-state index is 0.443. The van der Waals surface area contributed by atoms with E-state index < -0.39 is 7.12 Å². The molecule has 0 saturated heterocycles. The molecule has 6 aromatic carbocycles. The highest BCUT2D eigenvalue weighted by molar-refractivity contribution is 9.10. The second-order valence-corrected chi connectivity index (χ2v) is 14.5. The molecule has 0 aliphatic heterocycles. The summed E-state index contributed by atoms with van der Waals surface area (Å²) < 4.78 is 1.02. The summed E-state index contributed by atoms with van der Waals surface area (Å²) in [5.74, 6) is 0. The fraction of sp³-hybridized carbons (Fsp3) is 0. The van der Waals surface area contributed by atoms with E-state index in [0.717, 1.165) is 82.7 Å². The van der Waals surface area contributed by atoms with Crippen LogP contribution in [-0.4, -0.2) is 47.1 Å². The zero-order valence-corrected chi connectivity index (χ0v) is 33.7. The first-order valence-corrected chi connectivity index (χ1v) is 20.0. The van der Waals surface area contributed by atoms with Crippen LogP contribution in [0, 0.1) is 0 Å². The van der Waals surface area contributed by atoms with Crippen LogP contribution in [0.2, 0.25) is 0 Å². The molecule has 10 aromatic rings. The largest absolute Gasteiger partial charge is 0.488 e. The summed E-state index contributed by atoms with van der Waals surface area (Å²) in [5.41, 5.74) is 13.5. The molecule has 0 saturated carbocycles. The number of nitrogens with zero attached hydrogens (tertiary/aromatic N) is 6. The van der Waals surface area contributed by atoms with E-state index in [1.807, 2.05) is 134 Å². The number of benzene rings is 6. The molecule has 60 heavy (non-hydrogen) atoms. The quantitative estimate of drug-likeness (QED) is 0.159. The molecule has 0 spiro atoms. The molecule has 0 fully saturated rings. The van der Waals surface area contributed by atoms with Gasteiger partial charge in [-0.3, -0.25) is 9.97 Å². The maximum atomic E-state index is 9.29. The van der Waals surface area contributed by atoms with Gasteiger partial charge >= 0.3 is 7.12 Å². The van der Waals surface area contributed by atoms with E-state index in [1.165, 1.54) is 0 Å². The predicted molar refractivity (Wildman–Crippen MR) is 246 cm³/mol. The lowest BCUT2D eigenvalue weighted by Gasteiger charge is -2.11. The van der Waals surface area contributed by atoms with Gasteiger partial charge in [-0.15, -0.1) is 0 Å². The number of pyridine rings is 2. The molecule has 10 heteroatoms. The average Bonchev–Trinajstić information content (AvgIpc) is 3.32. The highest BCUT2D eigenvalue weighted by Gasteiger charge is 2.16.